The van der Waals surface area contributed by atoms with Crippen LogP contribution >= 0.6 is 0 Å². The van der Waals surface area contributed by atoms with Gasteiger partial charge in [0.1, 0.15) is 11.5 Å². The lowest BCUT2D eigenvalue weighted by molar-refractivity contribution is 0.260. The molecule has 1 aromatic carbocycles. The van der Waals surface area contributed by atoms with Crippen LogP contribution in [0.5, 0.6) is 11.8 Å². The Balaban J connectivity index is 1.55. The highest BCUT2D eigenvalue weighted by Gasteiger charge is 2.26. The van der Waals surface area contributed by atoms with Crippen LogP contribution in [0.1, 0.15) is 24.0 Å². The quantitative estimate of drug-likeness (QED) is 0.604. The Morgan fingerprint density at radius 3 is 3.00 bits per heavy atom. The molecule has 3 N–H and O–H groups in total. The maximum Gasteiger partial charge on any atom is 0.354 e. The molecule has 33 heavy (non-hydrogen) atoms. The van der Waals surface area contributed by atoms with Crippen molar-refractivity contribution in [1.82, 2.24) is 14.8 Å². The number of nitrogens with one attached hydrogen (secondary N) is 1. The van der Waals surface area contributed by atoms with E-state index in [1.807, 2.05) is 12.1 Å². The van der Waals surface area contributed by atoms with Gasteiger partial charge in [-0.2, -0.15) is 5.10 Å². The summed E-state index contributed by atoms with van der Waals surface area (Å²) >= 11 is 0. The van der Waals surface area contributed by atoms with Crippen LogP contribution in [-0.2, 0) is 29.3 Å². The van der Waals surface area contributed by atoms with Crippen LogP contribution in [0.15, 0.2) is 45.9 Å². The van der Waals surface area contributed by atoms with Crippen LogP contribution in [0.3, 0.4) is 0 Å². The maximum absolute atomic E-state index is 13.1. The highest BCUT2D eigenvalue weighted by molar-refractivity contribution is 7.91. The van der Waals surface area contributed by atoms with Gasteiger partial charge in [-0.1, -0.05) is 12.1 Å². The number of aromatic nitrogens is 3. The van der Waals surface area contributed by atoms with Gasteiger partial charge >= 0.3 is 6.03 Å². The molecule has 2 aliphatic rings. The Labute approximate surface area is 191 Å². The minimum atomic E-state index is -3.55. The first-order valence-electron chi connectivity index (χ1n) is 10.7. The summed E-state index contributed by atoms with van der Waals surface area (Å²) in [7, 11) is -2.00. The molecule has 11 heteroatoms. The van der Waals surface area contributed by atoms with Gasteiger partial charge in [-0.05, 0) is 48.4 Å². The molecule has 3 heterocycles. The van der Waals surface area contributed by atoms with Crippen LogP contribution in [0.2, 0.25) is 0 Å². The number of hydrogen-bond acceptors (Lipinski definition) is 6. The van der Waals surface area contributed by atoms with Crippen molar-refractivity contribution in [3.8, 4) is 22.9 Å². The third-order valence-corrected chi connectivity index (χ3v) is 7.20. The number of urea groups is 1. The van der Waals surface area contributed by atoms with Gasteiger partial charge in [0.15, 0.2) is 9.92 Å². The van der Waals surface area contributed by atoms with Crippen LogP contribution in [-0.4, -0.2) is 38.7 Å². The number of anilines is 1. The Kier molecular flexibility index (Phi) is 5.51. The molecule has 10 nitrogen and oxygen atoms in total. The van der Waals surface area contributed by atoms with Gasteiger partial charge in [0.05, 0.1) is 25.5 Å². The lowest BCUT2D eigenvalue weighted by atomic mass is 9.87. The van der Waals surface area contributed by atoms with E-state index >= 15 is 0 Å². The number of rotatable bonds is 4. The zero-order valence-electron chi connectivity index (χ0n) is 18.1. The molecular weight excluding hydrogens is 444 g/mol. The number of nitrogens with two attached hydrogens (primary N) is 1. The van der Waals surface area contributed by atoms with E-state index in [1.165, 1.54) is 11.8 Å². The van der Waals surface area contributed by atoms with E-state index < -0.39 is 15.9 Å². The Hall–Kier alpha value is -3.44. The van der Waals surface area contributed by atoms with Gasteiger partial charge in [0.25, 0.3) is 0 Å². The van der Waals surface area contributed by atoms with Crippen molar-refractivity contribution in [2.45, 2.75) is 37.1 Å². The monoisotopic (exact) mass is 468 g/mol. The van der Waals surface area contributed by atoms with Crippen molar-refractivity contribution in [2.75, 3.05) is 19.0 Å². The second-order valence-electron chi connectivity index (χ2n) is 7.90. The summed E-state index contributed by atoms with van der Waals surface area (Å²) in [5.74, 6) is 0.757. The predicted molar refractivity (Wildman–Crippen MR) is 123 cm³/mol. The molecule has 172 valence electrons. The molecule has 2 amide bonds. The second-order valence-corrected chi connectivity index (χ2v) is 9.66. The Bertz CT molecular complexity index is 1360. The van der Waals surface area contributed by atoms with Gasteiger partial charge in [0, 0.05) is 17.8 Å². The van der Waals surface area contributed by atoms with Crippen molar-refractivity contribution in [3.05, 3.63) is 47.8 Å². The van der Waals surface area contributed by atoms with E-state index in [9.17, 15) is 9.00 Å². The first-order valence-corrected chi connectivity index (χ1v) is 12.2. The number of methoxy groups -OCH3 is 1. The highest BCUT2D eigenvalue weighted by atomic mass is 32.2. The number of ether oxygens (including phenoxy) is 2. The van der Waals surface area contributed by atoms with Crippen LogP contribution in [0.25, 0.3) is 11.1 Å². The topological polar surface area (TPSA) is 134 Å². The molecule has 1 aliphatic heterocycles. The number of aryl methyl sites for hydroxylation is 1. The molecule has 0 fully saturated rings. The molecular formula is C22H24N6O4S. The summed E-state index contributed by atoms with van der Waals surface area (Å²) < 4.78 is 29.2. The summed E-state index contributed by atoms with van der Waals surface area (Å²) in [4.78, 5) is 17.3. The van der Waals surface area contributed by atoms with Crippen molar-refractivity contribution in [2.24, 2.45) is 9.50 Å². The number of carbonyl (C=O) groups is 1. The fraction of sp³-hybridized carbons (Fsp3) is 0.318. The average Bonchev–Trinajstić information content (AvgIpc) is 3.43. The van der Waals surface area contributed by atoms with Gasteiger partial charge in [-0.25, -0.2) is 23.8 Å². The summed E-state index contributed by atoms with van der Waals surface area (Å²) in [6.07, 6.45) is 6.86. The fourth-order valence-electron chi connectivity index (χ4n) is 4.29. The summed E-state index contributed by atoms with van der Waals surface area (Å²) in [6, 6.07) is 6.91. The Morgan fingerprint density at radius 1 is 1.30 bits per heavy atom. The third-order valence-electron chi connectivity index (χ3n) is 5.85. The van der Waals surface area contributed by atoms with Crippen molar-refractivity contribution >= 4 is 21.6 Å². The summed E-state index contributed by atoms with van der Waals surface area (Å²) in [5, 5.41) is 12.9. The number of pyridine rings is 1. The number of carbonyl (C=O) groups excluding carboxylic acids is 1. The van der Waals surface area contributed by atoms with E-state index in [4.69, 9.17) is 14.6 Å². The molecule has 0 saturated heterocycles. The summed E-state index contributed by atoms with van der Waals surface area (Å²) in [6.45, 7) is 0.943. The minimum Gasteiger partial charge on any atom is -0.481 e. The standard InChI is InChI=1S/C22H24N6O4S/c1-31-19-12-15(8-9-24-19)17-7-6-14-4-2-3-5-16(14)20(17)26-22(29)27-33(23,30)18-13-25-28-10-11-32-21(18)28/h6-9,12-13H,2-5,10-11H2,1H3,(H3,23,26,27,29,30)/t33-/m0/s1. The average molecular weight is 469 g/mol. The van der Waals surface area contributed by atoms with Gasteiger partial charge in [-0.3, -0.25) is 0 Å². The van der Waals surface area contributed by atoms with Gasteiger partial charge < -0.3 is 14.8 Å². The van der Waals surface area contributed by atoms with Crippen molar-refractivity contribution in [1.29, 1.82) is 0 Å². The van der Waals surface area contributed by atoms with Crippen LogP contribution < -0.4 is 19.9 Å². The van der Waals surface area contributed by atoms with E-state index in [-0.39, 0.29) is 4.90 Å². The van der Waals surface area contributed by atoms with E-state index in [0.717, 1.165) is 42.4 Å². The number of amides is 2. The number of hydrogen-bond donors (Lipinski definition) is 2. The van der Waals surface area contributed by atoms with Crippen molar-refractivity contribution in [3.63, 3.8) is 0 Å². The smallest absolute Gasteiger partial charge is 0.354 e. The first-order chi connectivity index (χ1) is 16.0. The highest BCUT2D eigenvalue weighted by Crippen LogP contribution is 2.37. The van der Waals surface area contributed by atoms with E-state index in [1.54, 1.807) is 24.1 Å². The molecule has 1 atom stereocenters. The van der Waals surface area contributed by atoms with Crippen LogP contribution in [0.4, 0.5) is 10.5 Å². The van der Waals surface area contributed by atoms with Crippen LogP contribution in [0, 0.1) is 0 Å². The van der Waals surface area contributed by atoms with Gasteiger partial charge in [0.2, 0.25) is 11.8 Å². The second kappa shape index (κ2) is 8.49. The summed E-state index contributed by atoms with van der Waals surface area (Å²) in [5.41, 5.74) is 4.51. The van der Waals surface area contributed by atoms with Gasteiger partial charge in [-0.15, -0.1) is 4.36 Å². The Morgan fingerprint density at radius 2 is 2.15 bits per heavy atom. The molecule has 0 radical (unpaired) electrons. The largest absolute Gasteiger partial charge is 0.481 e. The molecule has 5 rings (SSSR count). The zero-order valence-corrected chi connectivity index (χ0v) is 18.9. The minimum absolute atomic E-state index is 0.115. The molecule has 3 aromatic rings. The molecule has 1 aliphatic carbocycles. The fourth-order valence-corrected chi connectivity index (χ4v) is 5.30. The number of fused-ring (bicyclic) bond motifs is 2. The lowest BCUT2D eigenvalue weighted by Crippen LogP contribution is -2.19. The van der Waals surface area contributed by atoms with E-state index in [0.29, 0.717) is 30.6 Å². The number of nitrogens with zero attached hydrogens (tertiary/aromatic N) is 4. The molecule has 2 aromatic heterocycles. The zero-order chi connectivity index (χ0) is 23.0. The SMILES string of the molecule is COc1cc(-c2ccc3c(c2NC(=O)N=[S@](N)(=O)c2cnn4c2OCC4)CCCC3)ccn1. The molecule has 0 saturated carbocycles. The first kappa shape index (κ1) is 21.4. The third kappa shape index (κ3) is 4.05. The van der Waals surface area contributed by atoms with E-state index in [2.05, 4.69) is 25.8 Å². The maximum atomic E-state index is 13.1. The van der Waals surface area contributed by atoms with Crippen molar-refractivity contribution < 1.29 is 18.5 Å². The molecule has 0 spiro atoms. The predicted octanol–water partition coefficient (Wildman–Crippen LogP) is 3.16. The normalized spacial score (nSPS) is 16.2. The number of benzene rings is 1. The molecule has 0 unspecified atom stereocenters. The lowest BCUT2D eigenvalue weighted by Gasteiger charge is -2.22. The molecule has 0 bridgehead atoms.